The maximum atomic E-state index is 14.4. The molecule has 7 nitrogen and oxygen atoms in total. The van der Waals surface area contributed by atoms with Gasteiger partial charge < -0.3 is 19.5 Å². The highest BCUT2D eigenvalue weighted by atomic mass is 16.5. The second kappa shape index (κ2) is 13.8. The summed E-state index contributed by atoms with van der Waals surface area (Å²) in [6.45, 7) is 13.5. The molecule has 0 aromatic heterocycles. The quantitative estimate of drug-likeness (QED) is 0.204. The number of Topliss-reactive ketones (excluding diaryl/α,β-unsaturated/α-hetero) is 2. The molecule has 6 rings (SSSR count). The number of carboxylic acids is 1. The van der Waals surface area contributed by atoms with Crippen molar-refractivity contribution in [1.29, 1.82) is 0 Å². The SMILES string of the molecule is C=CCc1cc(C2C3=C(CC(C)(C)CC3=O)N(CCc3ccccc3)C3=C2C(=O)CC(C)(C)C3)cc(OC)c1OCc1ccc(C(=O)O)cc1. The average Bonchev–Trinajstić information content (AvgIpc) is 3.06. The standard InChI is InChI=1S/C43H47NO6/c1-7-11-30-20-31(21-36(49-6)40(30)50-26-28-14-16-29(17-15-28)41(47)48)37-38-32(22-42(2,3)24-34(38)45)44(19-18-27-12-9-8-10-13-27)33-23-43(4,5)25-35(46)39(33)37/h7-10,12-17,20-21,37H,1,11,18-19,22-26H2,2-6H3,(H,47,48). The number of ether oxygens (including phenoxy) is 2. The van der Waals surface area contributed by atoms with Crippen LogP contribution in [0.25, 0.3) is 0 Å². The Bertz CT molecular complexity index is 1840. The first-order valence-electron chi connectivity index (χ1n) is 17.4. The smallest absolute Gasteiger partial charge is 0.335 e. The van der Waals surface area contributed by atoms with E-state index in [4.69, 9.17) is 9.47 Å². The molecule has 0 bridgehead atoms. The Labute approximate surface area is 295 Å². The first-order chi connectivity index (χ1) is 23.8. The molecule has 1 heterocycles. The molecule has 3 aromatic carbocycles. The second-order valence-corrected chi connectivity index (χ2v) is 15.4. The normalized spacial score (nSPS) is 18.5. The predicted octanol–water partition coefficient (Wildman–Crippen LogP) is 8.63. The van der Waals surface area contributed by atoms with Gasteiger partial charge >= 0.3 is 5.97 Å². The molecule has 260 valence electrons. The molecule has 0 amide bonds. The molecule has 0 saturated carbocycles. The molecule has 1 aliphatic heterocycles. The fourth-order valence-electron chi connectivity index (χ4n) is 7.91. The molecule has 2 aliphatic carbocycles. The van der Waals surface area contributed by atoms with E-state index in [1.807, 2.05) is 30.3 Å². The van der Waals surface area contributed by atoms with E-state index in [-0.39, 0.29) is 34.6 Å². The van der Waals surface area contributed by atoms with E-state index >= 15 is 0 Å². The van der Waals surface area contributed by atoms with Gasteiger partial charge in [0.15, 0.2) is 23.1 Å². The summed E-state index contributed by atoms with van der Waals surface area (Å²) in [4.78, 5) is 42.4. The van der Waals surface area contributed by atoms with E-state index in [9.17, 15) is 19.5 Å². The number of aromatic carboxylic acids is 1. The Kier molecular flexibility index (Phi) is 9.62. The molecular weight excluding hydrogens is 626 g/mol. The van der Waals surface area contributed by atoms with Crippen molar-refractivity contribution in [3.63, 3.8) is 0 Å². The fraction of sp³-hybridized carbons (Fsp3) is 0.372. The number of allylic oxidation sites excluding steroid dienone is 5. The Hall–Kier alpha value is -4.91. The molecule has 0 unspecified atom stereocenters. The van der Waals surface area contributed by atoms with Crippen LogP contribution in [0.2, 0.25) is 0 Å². The van der Waals surface area contributed by atoms with Crippen LogP contribution in [0, 0.1) is 10.8 Å². The van der Waals surface area contributed by atoms with Crippen molar-refractivity contribution in [3.05, 3.63) is 130 Å². The first-order valence-corrected chi connectivity index (χ1v) is 17.4. The van der Waals surface area contributed by atoms with Crippen LogP contribution in [0.3, 0.4) is 0 Å². The number of carbonyl (C=O) groups excluding carboxylic acids is 2. The number of nitrogens with zero attached hydrogens (tertiary/aromatic N) is 1. The average molecular weight is 674 g/mol. The molecule has 0 fully saturated rings. The van der Waals surface area contributed by atoms with Crippen molar-refractivity contribution >= 4 is 17.5 Å². The van der Waals surface area contributed by atoms with Crippen LogP contribution in [0.5, 0.6) is 11.5 Å². The van der Waals surface area contributed by atoms with Crippen LogP contribution >= 0.6 is 0 Å². The third kappa shape index (κ3) is 7.05. The predicted molar refractivity (Wildman–Crippen MR) is 194 cm³/mol. The van der Waals surface area contributed by atoms with E-state index < -0.39 is 11.9 Å². The Morgan fingerprint density at radius 2 is 1.48 bits per heavy atom. The number of methoxy groups -OCH3 is 1. The minimum absolute atomic E-state index is 0.0875. The lowest BCUT2D eigenvalue weighted by Gasteiger charge is -2.49. The highest BCUT2D eigenvalue weighted by molar-refractivity contribution is 6.07. The fourth-order valence-corrected chi connectivity index (χ4v) is 7.91. The minimum atomic E-state index is -0.985. The van der Waals surface area contributed by atoms with E-state index in [2.05, 4.69) is 51.3 Å². The van der Waals surface area contributed by atoms with Crippen molar-refractivity contribution in [2.45, 2.75) is 78.7 Å². The third-order valence-electron chi connectivity index (χ3n) is 10.1. The number of carbonyl (C=O) groups is 3. The highest BCUT2D eigenvalue weighted by Crippen LogP contribution is 2.55. The zero-order valence-electron chi connectivity index (χ0n) is 29.8. The summed E-state index contributed by atoms with van der Waals surface area (Å²) in [7, 11) is 1.59. The lowest BCUT2D eigenvalue weighted by molar-refractivity contribution is -0.119. The first kappa shape index (κ1) is 34.9. The number of hydrogen-bond acceptors (Lipinski definition) is 6. The monoisotopic (exact) mass is 673 g/mol. The second-order valence-electron chi connectivity index (χ2n) is 15.4. The summed E-state index contributed by atoms with van der Waals surface area (Å²) >= 11 is 0. The van der Waals surface area contributed by atoms with Gasteiger partial charge in [0.05, 0.1) is 12.7 Å². The van der Waals surface area contributed by atoms with Gasteiger partial charge in [0, 0.05) is 53.4 Å². The van der Waals surface area contributed by atoms with Crippen LogP contribution < -0.4 is 9.47 Å². The number of rotatable bonds is 11. The van der Waals surface area contributed by atoms with Crippen molar-refractivity contribution in [2.75, 3.05) is 13.7 Å². The van der Waals surface area contributed by atoms with E-state index in [0.717, 1.165) is 58.5 Å². The maximum absolute atomic E-state index is 14.4. The van der Waals surface area contributed by atoms with Crippen molar-refractivity contribution < 1.29 is 29.0 Å². The zero-order chi connectivity index (χ0) is 35.8. The summed E-state index contributed by atoms with van der Waals surface area (Å²) in [6, 6.07) is 20.9. The summed E-state index contributed by atoms with van der Waals surface area (Å²) < 4.78 is 12.3. The van der Waals surface area contributed by atoms with Crippen LogP contribution in [0.4, 0.5) is 0 Å². The van der Waals surface area contributed by atoms with Gasteiger partial charge in [-0.3, -0.25) is 9.59 Å². The summed E-state index contributed by atoms with van der Waals surface area (Å²) in [5.74, 6) is -0.273. The third-order valence-corrected chi connectivity index (χ3v) is 10.1. The highest BCUT2D eigenvalue weighted by Gasteiger charge is 2.49. The lowest BCUT2D eigenvalue weighted by atomic mass is 9.63. The Morgan fingerprint density at radius 3 is 2.02 bits per heavy atom. The molecule has 0 atom stereocenters. The number of hydrogen-bond donors (Lipinski definition) is 1. The van der Waals surface area contributed by atoms with Crippen LogP contribution in [0.1, 0.15) is 91.9 Å². The molecule has 7 heteroatoms. The Balaban J connectivity index is 1.48. The Morgan fingerprint density at radius 1 is 0.880 bits per heavy atom. The van der Waals surface area contributed by atoms with E-state index in [1.165, 1.54) is 5.56 Å². The van der Waals surface area contributed by atoms with Crippen molar-refractivity contribution in [3.8, 4) is 11.5 Å². The molecule has 0 spiro atoms. The van der Waals surface area contributed by atoms with Crippen LogP contribution in [0.15, 0.2) is 102 Å². The number of ketones is 2. The topological polar surface area (TPSA) is 93.1 Å². The van der Waals surface area contributed by atoms with Gasteiger partial charge in [0.1, 0.15) is 6.61 Å². The van der Waals surface area contributed by atoms with Gasteiger partial charge in [-0.25, -0.2) is 4.79 Å². The van der Waals surface area contributed by atoms with Gasteiger partial charge in [-0.05, 0) is 71.4 Å². The van der Waals surface area contributed by atoms with Gasteiger partial charge in [0.25, 0.3) is 0 Å². The maximum Gasteiger partial charge on any atom is 0.335 e. The van der Waals surface area contributed by atoms with E-state index in [0.29, 0.717) is 37.3 Å². The molecule has 1 N–H and O–H groups in total. The molecule has 50 heavy (non-hydrogen) atoms. The van der Waals surface area contributed by atoms with Gasteiger partial charge in [-0.2, -0.15) is 0 Å². The minimum Gasteiger partial charge on any atom is -0.493 e. The van der Waals surface area contributed by atoms with Crippen molar-refractivity contribution in [1.82, 2.24) is 4.90 Å². The molecular formula is C43H47NO6. The summed E-state index contributed by atoms with van der Waals surface area (Å²) in [5.41, 5.74) is 6.98. The van der Waals surface area contributed by atoms with Gasteiger partial charge in [0.2, 0.25) is 0 Å². The number of carboxylic acid groups (broad SMARTS) is 1. The summed E-state index contributed by atoms with van der Waals surface area (Å²) in [5, 5.41) is 9.29. The number of benzene rings is 3. The van der Waals surface area contributed by atoms with Crippen molar-refractivity contribution in [2.24, 2.45) is 10.8 Å². The molecule has 3 aliphatic rings. The van der Waals surface area contributed by atoms with E-state index in [1.54, 1.807) is 37.5 Å². The lowest BCUT2D eigenvalue weighted by Crippen LogP contribution is -2.45. The van der Waals surface area contributed by atoms with Gasteiger partial charge in [-0.15, -0.1) is 6.58 Å². The molecule has 0 saturated heterocycles. The van der Waals surface area contributed by atoms with Gasteiger partial charge in [-0.1, -0.05) is 82.3 Å². The summed E-state index contributed by atoms with van der Waals surface area (Å²) in [6.07, 6.45) is 5.38. The van der Waals surface area contributed by atoms with Crippen LogP contribution in [-0.4, -0.2) is 41.2 Å². The van der Waals surface area contributed by atoms with Crippen LogP contribution in [-0.2, 0) is 29.0 Å². The largest absolute Gasteiger partial charge is 0.493 e. The molecule has 3 aromatic rings. The zero-order valence-corrected chi connectivity index (χ0v) is 29.8. The molecule has 0 radical (unpaired) electrons.